The molecule has 2 aromatic carbocycles. The maximum absolute atomic E-state index is 13.9. The van der Waals surface area contributed by atoms with Crippen LogP contribution in [0.25, 0.3) is 0 Å². The van der Waals surface area contributed by atoms with Crippen molar-refractivity contribution in [3.8, 4) is 0 Å². The van der Waals surface area contributed by atoms with E-state index in [1.807, 2.05) is 41.3 Å². The SMILES string of the molecule is Cc1ccc(N2CC3(CCC(C(C)(C)C)CC3)N(Cc3ccc(C(=O)NCc4nn[nH]n4)cc3)C2=O)cc1. The molecular formula is C29H37N7O2. The first-order chi connectivity index (χ1) is 18.1. The lowest BCUT2D eigenvalue weighted by Gasteiger charge is -2.45. The Morgan fingerprint density at radius 1 is 1.08 bits per heavy atom. The first-order valence-corrected chi connectivity index (χ1v) is 13.4. The summed E-state index contributed by atoms with van der Waals surface area (Å²) in [6, 6.07) is 15.8. The van der Waals surface area contributed by atoms with Crippen molar-refractivity contribution in [1.82, 2.24) is 30.8 Å². The minimum absolute atomic E-state index is 0.0602. The molecule has 3 aromatic rings. The second kappa shape index (κ2) is 10.2. The molecule has 38 heavy (non-hydrogen) atoms. The van der Waals surface area contributed by atoms with Crippen molar-refractivity contribution < 1.29 is 9.59 Å². The zero-order valence-electron chi connectivity index (χ0n) is 22.7. The van der Waals surface area contributed by atoms with E-state index in [4.69, 9.17) is 0 Å². The number of amides is 3. The van der Waals surface area contributed by atoms with Crippen LogP contribution in [0.4, 0.5) is 10.5 Å². The van der Waals surface area contributed by atoms with Crippen LogP contribution in [0.1, 0.15) is 73.8 Å². The van der Waals surface area contributed by atoms with E-state index in [1.165, 1.54) is 5.56 Å². The highest BCUT2D eigenvalue weighted by molar-refractivity contribution is 5.96. The molecule has 1 saturated heterocycles. The predicted octanol–water partition coefficient (Wildman–Crippen LogP) is 4.86. The summed E-state index contributed by atoms with van der Waals surface area (Å²) < 4.78 is 0. The van der Waals surface area contributed by atoms with E-state index in [1.54, 1.807) is 0 Å². The highest BCUT2D eigenvalue weighted by atomic mass is 16.2. The van der Waals surface area contributed by atoms with Gasteiger partial charge in [0.05, 0.1) is 18.6 Å². The average Bonchev–Trinajstić information content (AvgIpc) is 3.51. The van der Waals surface area contributed by atoms with Gasteiger partial charge >= 0.3 is 6.03 Å². The fourth-order valence-corrected chi connectivity index (χ4v) is 5.87. The molecule has 1 aliphatic heterocycles. The van der Waals surface area contributed by atoms with E-state index in [0.29, 0.717) is 30.4 Å². The summed E-state index contributed by atoms with van der Waals surface area (Å²) in [5.41, 5.74) is 3.77. The molecule has 5 rings (SSSR count). The second-order valence-electron chi connectivity index (χ2n) is 11.9. The lowest BCUT2D eigenvalue weighted by molar-refractivity contribution is 0.0631. The van der Waals surface area contributed by atoms with Gasteiger partial charge in [-0.25, -0.2) is 4.79 Å². The van der Waals surface area contributed by atoms with Gasteiger partial charge in [-0.3, -0.25) is 9.69 Å². The van der Waals surface area contributed by atoms with Crippen LogP contribution in [0.3, 0.4) is 0 Å². The van der Waals surface area contributed by atoms with Gasteiger partial charge in [0.25, 0.3) is 5.91 Å². The molecule has 1 spiro atoms. The Bertz CT molecular complexity index is 1260. The number of urea groups is 1. The summed E-state index contributed by atoms with van der Waals surface area (Å²) in [5, 5.41) is 16.4. The molecule has 0 bridgehead atoms. The van der Waals surface area contributed by atoms with Crippen molar-refractivity contribution >= 4 is 17.6 Å². The van der Waals surface area contributed by atoms with Crippen LogP contribution in [-0.2, 0) is 13.1 Å². The fraction of sp³-hybridized carbons (Fsp3) is 0.483. The molecule has 2 heterocycles. The van der Waals surface area contributed by atoms with E-state index in [2.05, 4.69) is 70.7 Å². The number of carbonyl (C=O) groups excluding carboxylic acids is 2. The smallest absolute Gasteiger partial charge is 0.325 e. The molecule has 0 unspecified atom stereocenters. The van der Waals surface area contributed by atoms with Gasteiger partial charge in [-0.05, 0) is 73.8 Å². The molecule has 9 heteroatoms. The predicted molar refractivity (Wildman–Crippen MR) is 145 cm³/mol. The van der Waals surface area contributed by atoms with Crippen LogP contribution in [0.2, 0.25) is 0 Å². The molecular weight excluding hydrogens is 478 g/mol. The minimum Gasteiger partial charge on any atom is -0.345 e. The molecule has 200 valence electrons. The lowest BCUT2D eigenvalue weighted by atomic mass is 9.67. The number of nitrogens with zero attached hydrogens (tertiary/aromatic N) is 5. The second-order valence-corrected chi connectivity index (χ2v) is 11.9. The Hall–Kier alpha value is -3.75. The van der Waals surface area contributed by atoms with Crippen molar-refractivity contribution in [2.45, 2.75) is 72.0 Å². The number of tetrazole rings is 1. The van der Waals surface area contributed by atoms with Crippen LogP contribution in [-0.4, -0.2) is 49.5 Å². The maximum Gasteiger partial charge on any atom is 0.325 e. The highest BCUT2D eigenvalue weighted by Crippen LogP contribution is 2.47. The molecule has 0 atom stereocenters. The molecule has 1 aliphatic carbocycles. The molecule has 3 amide bonds. The summed E-state index contributed by atoms with van der Waals surface area (Å²) in [4.78, 5) is 30.5. The largest absolute Gasteiger partial charge is 0.345 e. The number of aryl methyl sites for hydroxylation is 1. The van der Waals surface area contributed by atoms with E-state index < -0.39 is 0 Å². The summed E-state index contributed by atoms with van der Waals surface area (Å²) in [7, 11) is 0. The van der Waals surface area contributed by atoms with Crippen LogP contribution in [0.5, 0.6) is 0 Å². The normalized spacial score (nSPS) is 21.8. The number of nitrogens with one attached hydrogen (secondary N) is 2. The Kier molecular flexibility index (Phi) is 6.94. The van der Waals surface area contributed by atoms with Gasteiger partial charge < -0.3 is 10.2 Å². The van der Waals surface area contributed by atoms with Gasteiger partial charge in [-0.15, -0.1) is 10.2 Å². The van der Waals surface area contributed by atoms with Crippen molar-refractivity contribution in [3.63, 3.8) is 0 Å². The number of aromatic nitrogens is 4. The summed E-state index contributed by atoms with van der Waals surface area (Å²) in [6.45, 7) is 10.5. The average molecular weight is 516 g/mol. The molecule has 0 radical (unpaired) electrons. The topological polar surface area (TPSA) is 107 Å². The number of carbonyl (C=O) groups is 2. The number of benzene rings is 2. The number of rotatable bonds is 6. The number of anilines is 1. The maximum atomic E-state index is 13.9. The molecule has 1 saturated carbocycles. The Morgan fingerprint density at radius 2 is 1.76 bits per heavy atom. The van der Waals surface area contributed by atoms with Crippen molar-refractivity contribution in [3.05, 3.63) is 71.0 Å². The van der Waals surface area contributed by atoms with Gasteiger partial charge in [-0.1, -0.05) is 55.8 Å². The Balaban J connectivity index is 1.34. The Morgan fingerprint density at radius 3 is 2.37 bits per heavy atom. The lowest BCUT2D eigenvalue weighted by Crippen LogP contribution is -2.50. The van der Waals surface area contributed by atoms with Gasteiger partial charge in [-0.2, -0.15) is 5.21 Å². The van der Waals surface area contributed by atoms with E-state index >= 15 is 0 Å². The number of aromatic amines is 1. The zero-order chi connectivity index (χ0) is 26.9. The van der Waals surface area contributed by atoms with E-state index in [-0.39, 0.29) is 29.4 Å². The minimum atomic E-state index is -0.207. The number of hydrogen-bond acceptors (Lipinski definition) is 5. The van der Waals surface area contributed by atoms with Gasteiger partial charge in [0, 0.05) is 17.8 Å². The molecule has 9 nitrogen and oxygen atoms in total. The molecule has 2 fully saturated rings. The van der Waals surface area contributed by atoms with E-state index in [0.717, 1.165) is 36.9 Å². The van der Waals surface area contributed by atoms with Crippen molar-refractivity contribution in [1.29, 1.82) is 0 Å². The monoisotopic (exact) mass is 515 g/mol. The van der Waals surface area contributed by atoms with Crippen LogP contribution in [0.15, 0.2) is 48.5 Å². The highest BCUT2D eigenvalue weighted by Gasteiger charge is 2.52. The summed E-state index contributed by atoms with van der Waals surface area (Å²) >= 11 is 0. The third-order valence-corrected chi connectivity index (χ3v) is 8.33. The van der Waals surface area contributed by atoms with Crippen LogP contribution in [0, 0.1) is 18.3 Å². The van der Waals surface area contributed by atoms with E-state index in [9.17, 15) is 9.59 Å². The van der Waals surface area contributed by atoms with Gasteiger partial charge in [0.1, 0.15) is 0 Å². The molecule has 1 aromatic heterocycles. The first-order valence-electron chi connectivity index (χ1n) is 13.4. The molecule has 2 aliphatic rings. The quantitative estimate of drug-likeness (QED) is 0.488. The summed E-state index contributed by atoms with van der Waals surface area (Å²) in [5.74, 6) is 0.872. The third kappa shape index (κ3) is 5.28. The fourth-order valence-electron chi connectivity index (χ4n) is 5.87. The van der Waals surface area contributed by atoms with Crippen molar-refractivity contribution in [2.24, 2.45) is 11.3 Å². The third-order valence-electron chi connectivity index (χ3n) is 8.33. The number of H-pyrrole nitrogens is 1. The van der Waals surface area contributed by atoms with Gasteiger partial charge in [0.2, 0.25) is 0 Å². The standard InChI is InChI=1S/C29H37N7O2/c1-20-5-11-24(12-6-20)35-19-29(15-13-23(14-16-29)28(2,3)4)36(27(35)38)18-21-7-9-22(10-8-21)26(37)30-17-25-31-33-34-32-25/h5-12,23H,13-19H2,1-4H3,(H,30,37)(H,31,32,33,34). The van der Waals surface area contributed by atoms with Crippen LogP contribution < -0.4 is 10.2 Å². The summed E-state index contributed by atoms with van der Waals surface area (Å²) in [6.07, 6.45) is 4.24. The zero-order valence-corrected chi connectivity index (χ0v) is 22.7. The first kappa shape index (κ1) is 25.9. The van der Waals surface area contributed by atoms with Gasteiger partial charge in [0.15, 0.2) is 5.82 Å². The number of hydrogen-bond donors (Lipinski definition) is 2. The Labute approximate surface area is 224 Å². The van der Waals surface area contributed by atoms with Crippen LogP contribution >= 0.6 is 0 Å². The molecule has 2 N–H and O–H groups in total. The van der Waals surface area contributed by atoms with Crippen molar-refractivity contribution in [2.75, 3.05) is 11.4 Å².